The van der Waals surface area contributed by atoms with E-state index in [0.29, 0.717) is 17.3 Å². The van der Waals surface area contributed by atoms with Crippen molar-refractivity contribution in [3.63, 3.8) is 0 Å². The molecule has 0 saturated carbocycles. The number of nitrogens with one attached hydrogen (secondary N) is 1. The molecule has 7 heteroatoms. The first kappa shape index (κ1) is 15.3. The second kappa shape index (κ2) is 7.10. The number of carbonyl (C=O) groups excluding carboxylic acids is 1. The minimum atomic E-state index is -0.282. The largest absolute Gasteiger partial charge is 0.395 e. The van der Waals surface area contributed by atoms with Gasteiger partial charge in [0.15, 0.2) is 0 Å². The highest BCUT2D eigenvalue weighted by molar-refractivity contribution is 6.30. The minimum Gasteiger partial charge on any atom is -0.395 e. The van der Waals surface area contributed by atoms with Crippen molar-refractivity contribution in [2.24, 2.45) is 0 Å². The summed E-state index contributed by atoms with van der Waals surface area (Å²) in [5, 5.41) is 16.4. The summed E-state index contributed by atoms with van der Waals surface area (Å²) in [6.45, 7) is 0.810. The highest BCUT2D eigenvalue weighted by Gasteiger charge is 2.09. The Labute approximate surface area is 127 Å². The quantitative estimate of drug-likeness (QED) is 0.888. The van der Waals surface area contributed by atoms with Crippen LogP contribution in [0, 0.1) is 0 Å². The van der Waals surface area contributed by atoms with E-state index in [1.165, 1.54) is 4.90 Å². The van der Waals surface area contributed by atoms with Crippen LogP contribution in [0.15, 0.2) is 36.7 Å². The molecule has 0 fully saturated rings. The molecule has 0 aliphatic carbocycles. The van der Waals surface area contributed by atoms with Gasteiger partial charge < -0.3 is 15.3 Å². The van der Waals surface area contributed by atoms with Gasteiger partial charge in [-0.05, 0) is 17.7 Å². The van der Waals surface area contributed by atoms with Crippen LogP contribution in [0.3, 0.4) is 0 Å². The number of halogens is 1. The lowest BCUT2D eigenvalue weighted by atomic mass is 10.2. The van der Waals surface area contributed by atoms with E-state index in [0.717, 1.165) is 5.56 Å². The normalized spacial score (nSPS) is 10.4. The van der Waals surface area contributed by atoms with Crippen molar-refractivity contribution < 1.29 is 9.90 Å². The van der Waals surface area contributed by atoms with Gasteiger partial charge in [0.25, 0.3) is 0 Å². The summed E-state index contributed by atoms with van der Waals surface area (Å²) in [7, 11) is 1.61. The molecule has 0 bridgehead atoms. The van der Waals surface area contributed by atoms with Crippen LogP contribution < -0.4 is 5.32 Å². The summed E-state index contributed by atoms with van der Waals surface area (Å²) in [4.78, 5) is 13.2. The third kappa shape index (κ3) is 4.47. The number of likely N-dealkylation sites (N-methyl/N-ethyl adjacent to an activating group) is 1. The molecular formula is C14H17ClN4O2. The standard InChI is InChI=1S/C14H17ClN4O2/c1-18(6-7-20)14(21)17-13-8-16-19(10-13)9-11-2-4-12(15)5-3-11/h2-5,8,10,20H,6-7,9H2,1H3,(H,17,21). The molecule has 1 aromatic carbocycles. The Morgan fingerprint density at radius 2 is 2.14 bits per heavy atom. The number of hydrogen-bond acceptors (Lipinski definition) is 3. The van der Waals surface area contributed by atoms with Gasteiger partial charge in [-0.25, -0.2) is 4.79 Å². The second-order valence-corrected chi connectivity index (χ2v) is 5.06. The van der Waals surface area contributed by atoms with E-state index in [1.807, 2.05) is 24.3 Å². The predicted molar refractivity (Wildman–Crippen MR) is 81.5 cm³/mol. The first-order valence-corrected chi connectivity index (χ1v) is 6.86. The molecular weight excluding hydrogens is 292 g/mol. The molecule has 1 heterocycles. The molecule has 6 nitrogen and oxygen atoms in total. The van der Waals surface area contributed by atoms with Crippen molar-refractivity contribution in [3.05, 3.63) is 47.2 Å². The number of hydrogen-bond donors (Lipinski definition) is 2. The smallest absolute Gasteiger partial charge is 0.321 e. The predicted octanol–water partition coefficient (Wildman–Crippen LogP) is 2.04. The summed E-state index contributed by atoms with van der Waals surface area (Å²) in [5.74, 6) is 0. The van der Waals surface area contributed by atoms with Crippen LogP contribution in [0.1, 0.15) is 5.56 Å². The number of amides is 2. The number of aromatic nitrogens is 2. The first-order valence-electron chi connectivity index (χ1n) is 6.48. The van der Waals surface area contributed by atoms with E-state index in [4.69, 9.17) is 16.7 Å². The van der Waals surface area contributed by atoms with Crippen LogP contribution in [0.4, 0.5) is 10.5 Å². The van der Waals surface area contributed by atoms with Gasteiger partial charge in [0.1, 0.15) is 0 Å². The molecule has 1 aromatic heterocycles. The summed E-state index contributed by atoms with van der Waals surface area (Å²) in [6.07, 6.45) is 3.33. The molecule has 0 spiro atoms. The fourth-order valence-electron chi connectivity index (χ4n) is 1.76. The first-order chi connectivity index (χ1) is 10.1. The van der Waals surface area contributed by atoms with Gasteiger partial charge in [-0.1, -0.05) is 23.7 Å². The molecule has 21 heavy (non-hydrogen) atoms. The van der Waals surface area contributed by atoms with E-state index in [2.05, 4.69) is 10.4 Å². The fourth-order valence-corrected chi connectivity index (χ4v) is 1.89. The second-order valence-electron chi connectivity index (χ2n) is 4.63. The van der Waals surface area contributed by atoms with Crippen LogP contribution in [0.2, 0.25) is 5.02 Å². The maximum Gasteiger partial charge on any atom is 0.321 e. The number of benzene rings is 1. The maximum atomic E-state index is 11.8. The number of aliphatic hydroxyl groups is 1. The van der Waals surface area contributed by atoms with Crippen LogP contribution in [0.5, 0.6) is 0 Å². The molecule has 0 unspecified atom stereocenters. The van der Waals surface area contributed by atoms with Gasteiger partial charge in [0, 0.05) is 24.8 Å². The topological polar surface area (TPSA) is 70.4 Å². The molecule has 2 amide bonds. The molecule has 2 rings (SSSR count). The maximum absolute atomic E-state index is 11.8. The van der Waals surface area contributed by atoms with E-state index in [9.17, 15) is 4.79 Å². The van der Waals surface area contributed by atoms with Crippen molar-refractivity contribution in [1.29, 1.82) is 0 Å². The van der Waals surface area contributed by atoms with E-state index < -0.39 is 0 Å². The lowest BCUT2D eigenvalue weighted by Crippen LogP contribution is -2.33. The van der Waals surface area contributed by atoms with Crippen molar-refractivity contribution >= 4 is 23.3 Å². The van der Waals surface area contributed by atoms with Crippen molar-refractivity contribution in [2.75, 3.05) is 25.5 Å². The molecule has 0 radical (unpaired) electrons. The number of aliphatic hydroxyl groups excluding tert-OH is 1. The minimum absolute atomic E-state index is 0.0697. The van der Waals surface area contributed by atoms with Gasteiger partial charge in [-0.2, -0.15) is 5.10 Å². The number of anilines is 1. The monoisotopic (exact) mass is 308 g/mol. The lowest BCUT2D eigenvalue weighted by Gasteiger charge is -2.15. The zero-order valence-corrected chi connectivity index (χ0v) is 12.4. The van der Waals surface area contributed by atoms with Crippen LogP contribution >= 0.6 is 11.6 Å². The highest BCUT2D eigenvalue weighted by atomic mass is 35.5. The van der Waals surface area contributed by atoms with Crippen molar-refractivity contribution in [2.45, 2.75) is 6.54 Å². The Balaban J connectivity index is 1.95. The number of urea groups is 1. The Hall–Kier alpha value is -2.05. The average Bonchev–Trinajstić information content (AvgIpc) is 2.89. The number of carbonyl (C=O) groups is 1. The molecule has 2 N–H and O–H groups in total. The molecule has 2 aromatic rings. The van der Waals surface area contributed by atoms with Gasteiger partial charge >= 0.3 is 6.03 Å². The van der Waals surface area contributed by atoms with E-state index >= 15 is 0 Å². The Bertz CT molecular complexity index is 597. The molecule has 0 aliphatic heterocycles. The Morgan fingerprint density at radius 3 is 2.81 bits per heavy atom. The third-order valence-corrected chi connectivity index (χ3v) is 3.18. The van der Waals surface area contributed by atoms with Crippen LogP contribution in [-0.2, 0) is 6.54 Å². The van der Waals surface area contributed by atoms with Crippen molar-refractivity contribution in [3.8, 4) is 0 Å². The van der Waals surface area contributed by atoms with E-state index in [1.54, 1.807) is 24.1 Å². The van der Waals surface area contributed by atoms with Gasteiger partial charge in [-0.3, -0.25) is 4.68 Å². The number of rotatable bonds is 5. The van der Waals surface area contributed by atoms with Crippen LogP contribution in [-0.4, -0.2) is 46.0 Å². The molecule has 0 atom stereocenters. The zero-order valence-electron chi connectivity index (χ0n) is 11.7. The summed E-state index contributed by atoms with van der Waals surface area (Å²) in [6, 6.07) is 7.23. The van der Waals surface area contributed by atoms with Crippen LogP contribution in [0.25, 0.3) is 0 Å². The highest BCUT2D eigenvalue weighted by Crippen LogP contribution is 2.12. The molecule has 0 aliphatic rings. The summed E-state index contributed by atoms with van der Waals surface area (Å²) in [5.41, 5.74) is 1.68. The van der Waals surface area contributed by atoms with Crippen molar-refractivity contribution in [1.82, 2.24) is 14.7 Å². The Kier molecular flexibility index (Phi) is 5.19. The van der Waals surface area contributed by atoms with Gasteiger partial charge in [0.05, 0.1) is 25.0 Å². The van der Waals surface area contributed by atoms with Gasteiger partial charge in [-0.15, -0.1) is 0 Å². The SMILES string of the molecule is CN(CCO)C(=O)Nc1cnn(Cc2ccc(Cl)cc2)c1. The fraction of sp³-hybridized carbons (Fsp3) is 0.286. The lowest BCUT2D eigenvalue weighted by molar-refractivity contribution is 0.202. The zero-order chi connectivity index (χ0) is 15.2. The Morgan fingerprint density at radius 1 is 1.43 bits per heavy atom. The summed E-state index contributed by atoms with van der Waals surface area (Å²) < 4.78 is 1.73. The molecule has 112 valence electrons. The van der Waals surface area contributed by atoms with E-state index in [-0.39, 0.29) is 19.2 Å². The number of nitrogens with zero attached hydrogens (tertiary/aromatic N) is 3. The average molecular weight is 309 g/mol. The summed E-state index contributed by atoms with van der Waals surface area (Å²) >= 11 is 5.84. The molecule has 0 saturated heterocycles. The van der Waals surface area contributed by atoms with Gasteiger partial charge in [0.2, 0.25) is 0 Å². The third-order valence-electron chi connectivity index (χ3n) is 2.92.